The zero-order valence-electron chi connectivity index (χ0n) is 12.2. The van der Waals surface area contributed by atoms with E-state index in [0.717, 1.165) is 0 Å². The lowest BCUT2D eigenvalue weighted by Crippen LogP contribution is -2.34. The third kappa shape index (κ3) is 4.62. The van der Waals surface area contributed by atoms with Crippen LogP contribution in [0.25, 0.3) is 0 Å². The first-order chi connectivity index (χ1) is 9.24. The zero-order valence-corrected chi connectivity index (χ0v) is 12.2. The summed E-state index contributed by atoms with van der Waals surface area (Å²) >= 11 is 0. The van der Waals surface area contributed by atoms with Crippen molar-refractivity contribution in [2.24, 2.45) is 0 Å². The molecule has 0 amide bonds. The highest BCUT2D eigenvalue weighted by Gasteiger charge is 2.26. The zero-order chi connectivity index (χ0) is 15.3. The van der Waals surface area contributed by atoms with Crippen LogP contribution in [0.1, 0.15) is 39.3 Å². The molecule has 20 heavy (non-hydrogen) atoms. The third-order valence-corrected chi connectivity index (χ3v) is 2.49. The Morgan fingerprint density at radius 1 is 1.35 bits per heavy atom. The summed E-state index contributed by atoms with van der Waals surface area (Å²) < 4.78 is 5.35. The molecule has 0 saturated heterocycles. The van der Waals surface area contributed by atoms with E-state index in [4.69, 9.17) is 4.74 Å². The number of nitro groups is 1. The summed E-state index contributed by atoms with van der Waals surface area (Å²) in [6, 6.07) is 5.26. The fourth-order valence-corrected chi connectivity index (χ4v) is 1.69. The van der Waals surface area contributed by atoms with Crippen molar-refractivity contribution in [1.82, 2.24) is 5.32 Å². The van der Waals surface area contributed by atoms with Crippen molar-refractivity contribution in [2.75, 3.05) is 6.54 Å². The van der Waals surface area contributed by atoms with Gasteiger partial charge in [-0.3, -0.25) is 10.1 Å². The van der Waals surface area contributed by atoms with Crippen molar-refractivity contribution >= 4 is 11.7 Å². The van der Waals surface area contributed by atoms with Crippen LogP contribution in [0.3, 0.4) is 0 Å². The third-order valence-electron chi connectivity index (χ3n) is 2.49. The number of nitrogens with one attached hydrogen (secondary N) is 1. The van der Waals surface area contributed by atoms with E-state index in [2.05, 4.69) is 5.32 Å². The Morgan fingerprint density at radius 3 is 2.30 bits per heavy atom. The van der Waals surface area contributed by atoms with E-state index in [0.29, 0.717) is 12.1 Å². The summed E-state index contributed by atoms with van der Waals surface area (Å²) in [6.45, 7) is 7.85. The molecule has 0 aromatic heterocycles. The number of hydrogen-bond acceptors (Lipinski definition) is 5. The fourth-order valence-electron chi connectivity index (χ4n) is 1.69. The maximum absolute atomic E-state index is 12.1. The molecule has 0 radical (unpaired) electrons. The van der Waals surface area contributed by atoms with Gasteiger partial charge in [-0.1, -0.05) is 19.1 Å². The van der Waals surface area contributed by atoms with Crippen LogP contribution >= 0.6 is 0 Å². The summed E-state index contributed by atoms with van der Waals surface area (Å²) in [7, 11) is 0. The molecule has 0 aliphatic rings. The molecular formula is C14H20N2O4. The Hall–Kier alpha value is -1.95. The van der Waals surface area contributed by atoms with Gasteiger partial charge in [-0.25, -0.2) is 4.79 Å². The Morgan fingerprint density at radius 2 is 1.90 bits per heavy atom. The van der Waals surface area contributed by atoms with Crippen LogP contribution in [0, 0.1) is 10.1 Å². The standard InChI is InChI=1S/C14H20N2O4/c1-5-15-12(13(17)20-14(2,3)4)10-6-8-11(9-7-10)16(18)19/h6-9,12,15H,5H2,1-4H3. The topological polar surface area (TPSA) is 81.5 Å². The fraction of sp³-hybridized carbons (Fsp3) is 0.500. The van der Waals surface area contributed by atoms with Crippen LogP contribution < -0.4 is 5.32 Å². The molecule has 110 valence electrons. The first-order valence-electron chi connectivity index (χ1n) is 6.45. The van der Waals surface area contributed by atoms with Gasteiger partial charge in [0.1, 0.15) is 11.6 Å². The van der Waals surface area contributed by atoms with Crippen LogP contribution in [-0.2, 0) is 9.53 Å². The quantitative estimate of drug-likeness (QED) is 0.509. The van der Waals surface area contributed by atoms with E-state index >= 15 is 0 Å². The average molecular weight is 280 g/mol. The second kappa shape index (κ2) is 6.47. The van der Waals surface area contributed by atoms with Crippen LogP contribution in [0.15, 0.2) is 24.3 Å². The average Bonchev–Trinajstić information content (AvgIpc) is 2.34. The van der Waals surface area contributed by atoms with Gasteiger partial charge < -0.3 is 10.1 Å². The second-order valence-corrected chi connectivity index (χ2v) is 5.37. The minimum absolute atomic E-state index is 0.00631. The lowest BCUT2D eigenvalue weighted by molar-refractivity contribution is -0.384. The van der Waals surface area contributed by atoms with Gasteiger partial charge in [-0.05, 0) is 32.9 Å². The number of benzene rings is 1. The molecule has 0 spiro atoms. The number of carbonyl (C=O) groups is 1. The number of ether oxygens (including phenoxy) is 1. The molecule has 1 aromatic rings. The van der Waals surface area contributed by atoms with E-state index in [1.54, 1.807) is 32.9 Å². The summed E-state index contributed by atoms with van der Waals surface area (Å²) in [5.41, 5.74) is 0.0609. The van der Waals surface area contributed by atoms with Crippen LogP contribution in [-0.4, -0.2) is 23.0 Å². The summed E-state index contributed by atoms with van der Waals surface area (Å²) in [6.07, 6.45) is 0. The highest BCUT2D eigenvalue weighted by atomic mass is 16.6. The lowest BCUT2D eigenvalue weighted by Gasteiger charge is -2.24. The molecule has 1 unspecified atom stereocenters. The summed E-state index contributed by atoms with van der Waals surface area (Å²) in [5.74, 6) is -0.395. The number of nitro benzene ring substituents is 1. The number of likely N-dealkylation sites (N-methyl/N-ethyl adjacent to an activating group) is 1. The van der Waals surface area contributed by atoms with Crippen molar-refractivity contribution in [3.05, 3.63) is 39.9 Å². The first kappa shape index (κ1) is 16.1. The molecule has 6 nitrogen and oxygen atoms in total. The van der Waals surface area contributed by atoms with Crippen molar-refractivity contribution in [1.29, 1.82) is 0 Å². The van der Waals surface area contributed by atoms with E-state index in [1.165, 1.54) is 12.1 Å². The molecule has 1 N–H and O–H groups in total. The minimum Gasteiger partial charge on any atom is -0.459 e. The number of non-ortho nitro benzene ring substituents is 1. The number of carbonyl (C=O) groups excluding carboxylic acids is 1. The van der Waals surface area contributed by atoms with E-state index in [9.17, 15) is 14.9 Å². The smallest absolute Gasteiger partial charge is 0.328 e. The van der Waals surface area contributed by atoms with Crippen LogP contribution in [0.5, 0.6) is 0 Å². The van der Waals surface area contributed by atoms with Gasteiger partial charge in [0, 0.05) is 12.1 Å². The van der Waals surface area contributed by atoms with Crippen molar-refractivity contribution in [3.63, 3.8) is 0 Å². The normalized spacial score (nSPS) is 12.8. The Labute approximate surface area is 118 Å². The molecule has 0 bridgehead atoms. The highest BCUT2D eigenvalue weighted by molar-refractivity contribution is 5.78. The van der Waals surface area contributed by atoms with Crippen molar-refractivity contribution in [2.45, 2.75) is 39.3 Å². The predicted octanol–water partition coefficient (Wildman–Crippen LogP) is 2.59. The molecule has 1 aromatic carbocycles. The molecule has 1 rings (SSSR count). The largest absolute Gasteiger partial charge is 0.459 e. The maximum atomic E-state index is 12.1. The molecule has 0 saturated carbocycles. The number of rotatable bonds is 5. The molecular weight excluding hydrogens is 260 g/mol. The lowest BCUT2D eigenvalue weighted by atomic mass is 10.1. The molecule has 0 heterocycles. The van der Waals surface area contributed by atoms with Gasteiger partial charge >= 0.3 is 5.97 Å². The molecule has 0 fully saturated rings. The van der Waals surface area contributed by atoms with Crippen LogP contribution in [0.4, 0.5) is 5.69 Å². The van der Waals surface area contributed by atoms with E-state index in [-0.39, 0.29) is 5.69 Å². The first-order valence-corrected chi connectivity index (χ1v) is 6.45. The van der Waals surface area contributed by atoms with Gasteiger partial charge in [0.2, 0.25) is 0 Å². The number of nitrogens with zero attached hydrogens (tertiary/aromatic N) is 1. The van der Waals surface area contributed by atoms with Gasteiger partial charge in [-0.2, -0.15) is 0 Å². The highest BCUT2D eigenvalue weighted by Crippen LogP contribution is 2.21. The van der Waals surface area contributed by atoms with Crippen LogP contribution in [0.2, 0.25) is 0 Å². The summed E-state index contributed by atoms with van der Waals surface area (Å²) in [4.78, 5) is 22.3. The van der Waals surface area contributed by atoms with Gasteiger partial charge in [0.05, 0.1) is 4.92 Å². The van der Waals surface area contributed by atoms with E-state index in [1.807, 2.05) is 6.92 Å². The number of esters is 1. The van der Waals surface area contributed by atoms with Gasteiger partial charge in [0.25, 0.3) is 5.69 Å². The second-order valence-electron chi connectivity index (χ2n) is 5.37. The Balaban J connectivity index is 2.95. The maximum Gasteiger partial charge on any atom is 0.328 e. The molecule has 1 atom stereocenters. The molecule has 0 aliphatic carbocycles. The summed E-state index contributed by atoms with van der Waals surface area (Å²) in [5, 5.41) is 13.7. The van der Waals surface area contributed by atoms with Crippen molar-refractivity contribution < 1.29 is 14.5 Å². The van der Waals surface area contributed by atoms with Crippen molar-refractivity contribution in [3.8, 4) is 0 Å². The molecule has 0 aliphatic heterocycles. The minimum atomic E-state index is -0.625. The predicted molar refractivity (Wildman–Crippen MR) is 75.4 cm³/mol. The SMILES string of the molecule is CCNC(C(=O)OC(C)(C)C)c1ccc([N+](=O)[O-])cc1. The van der Waals surface area contributed by atoms with Gasteiger partial charge in [0.15, 0.2) is 0 Å². The Kier molecular flexibility index (Phi) is 5.21. The van der Waals surface area contributed by atoms with Gasteiger partial charge in [-0.15, -0.1) is 0 Å². The molecule has 6 heteroatoms. The Bertz CT molecular complexity index is 477. The number of hydrogen-bond donors (Lipinski definition) is 1. The monoisotopic (exact) mass is 280 g/mol. The van der Waals surface area contributed by atoms with E-state index < -0.39 is 22.5 Å².